The van der Waals surface area contributed by atoms with Crippen LogP contribution in [0.3, 0.4) is 0 Å². The van der Waals surface area contributed by atoms with Gasteiger partial charge in [0, 0.05) is 7.85 Å². The number of carbonyl (C=O) groups is 1. The second kappa shape index (κ2) is 13.1. The first-order valence-electron chi connectivity index (χ1n) is 9.06. The molecule has 0 bridgehead atoms. The quantitative estimate of drug-likeness (QED) is 0.254. The van der Waals surface area contributed by atoms with E-state index in [1.165, 1.54) is 25.7 Å². The van der Waals surface area contributed by atoms with Gasteiger partial charge in [0.2, 0.25) is 0 Å². The second-order valence-corrected chi connectivity index (χ2v) is 6.12. The van der Waals surface area contributed by atoms with E-state index in [4.69, 9.17) is 9.84 Å². The monoisotopic (exact) mass is 322 g/mol. The molecule has 1 aliphatic rings. The Bertz CT molecular complexity index is 402. The Morgan fingerprint density at radius 2 is 1.70 bits per heavy atom. The fourth-order valence-electron chi connectivity index (χ4n) is 2.50. The second-order valence-electron chi connectivity index (χ2n) is 6.12. The number of hydrogen-bond donors (Lipinski definition) is 1. The van der Waals surface area contributed by atoms with E-state index in [1.54, 1.807) is 0 Å². The summed E-state index contributed by atoms with van der Waals surface area (Å²) in [7, 11) is 0. The number of hydrogen-bond acceptors (Lipinski definition) is 2. The van der Waals surface area contributed by atoms with Crippen LogP contribution in [0.15, 0.2) is 36.5 Å². The van der Waals surface area contributed by atoms with Crippen LogP contribution in [-0.2, 0) is 9.53 Å². The smallest absolute Gasteiger partial charge is 0.303 e. The Kier molecular flexibility index (Phi) is 11.2. The number of aliphatic carboxylic acids is 1. The molecule has 0 aliphatic carbocycles. The highest BCUT2D eigenvalue weighted by Crippen LogP contribution is 2.30. The molecule has 3 nitrogen and oxygen atoms in total. The van der Waals surface area contributed by atoms with Gasteiger partial charge in [0.25, 0.3) is 0 Å². The molecule has 2 atom stereocenters. The van der Waals surface area contributed by atoms with E-state index in [2.05, 4.69) is 43.4 Å². The van der Waals surface area contributed by atoms with Crippen molar-refractivity contribution in [3.63, 3.8) is 0 Å². The van der Waals surface area contributed by atoms with Crippen molar-refractivity contribution in [2.75, 3.05) is 0 Å². The number of carboxylic acid groups (broad SMARTS) is 1. The summed E-state index contributed by atoms with van der Waals surface area (Å²) < 4.78 is 5.66. The lowest BCUT2D eigenvalue weighted by Gasteiger charge is -1.93. The Hall–Kier alpha value is -1.35. The van der Waals surface area contributed by atoms with Gasteiger partial charge in [-0.25, -0.2) is 0 Å². The third-order valence-corrected chi connectivity index (χ3v) is 3.95. The first-order chi connectivity index (χ1) is 11.2. The van der Waals surface area contributed by atoms with Gasteiger partial charge in [-0.1, -0.05) is 62.6 Å². The van der Waals surface area contributed by atoms with Gasteiger partial charge >= 0.3 is 5.97 Å². The molecule has 2 unspecified atom stereocenters. The molecule has 1 saturated heterocycles. The summed E-state index contributed by atoms with van der Waals surface area (Å²) in [4.78, 5) is 10.3. The number of allylic oxidation sites excluding steroid dienone is 5. The molecule has 1 aliphatic heterocycles. The number of carboxylic acids is 1. The van der Waals surface area contributed by atoms with E-state index >= 15 is 0 Å². The summed E-state index contributed by atoms with van der Waals surface area (Å²) in [5.41, 5.74) is 0. The van der Waals surface area contributed by atoms with E-state index in [-0.39, 0.29) is 7.85 Å². The summed E-state index contributed by atoms with van der Waals surface area (Å²) in [6.45, 7) is 2.23. The molecule has 0 saturated carbocycles. The molecule has 0 aromatic rings. The lowest BCUT2D eigenvalue weighted by molar-refractivity contribution is -0.137. The number of ether oxygens (including phenoxy) is 1. The highest BCUT2D eigenvalue weighted by atomic mass is 16.6. The lowest BCUT2D eigenvalue weighted by Crippen LogP contribution is -1.92. The van der Waals surface area contributed by atoms with Gasteiger partial charge in [0.05, 0.1) is 12.2 Å². The molecule has 0 amide bonds. The van der Waals surface area contributed by atoms with E-state index in [0.29, 0.717) is 12.2 Å². The average molecular weight is 322 g/mol. The Labute approximate surface area is 142 Å². The van der Waals surface area contributed by atoms with Crippen LogP contribution in [0.5, 0.6) is 0 Å². The summed E-state index contributed by atoms with van der Waals surface area (Å²) in [5, 5.41) is 8.51. The van der Waals surface area contributed by atoms with Crippen molar-refractivity contribution in [1.82, 2.24) is 0 Å². The van der Waals surface area contributed by atoms with Crippen molar-refractivity contribution in [2.24, 2.45) is 0 Å². The van der Waals surface area contributed by atoms with Crippen LogP contribution in [0.2, 0.25) is 0 Å². The van der Waals surface area contributed by atoms with E-state index in [0.717, 1.165) is 32.1 Å². The van der Waals surface area contributed by atoms with E-state index in [9.17, 15) is 4.79 Å². The normalized spacial score (nSPS) is 20.9. The number of epoxide rings is 1. The third-order valence-electron chi connectivity index (χ3n) is 3.95. The molecule has 1 fully saturated rings. The predicted octanol–water partition coefficient (Wildman–Crippen LogP) is 5.67. The van der Waals surface area contributed by atoms with Gasteiger partial charge in [0.15, 0.2) is 0 Å². The van der Waals surface area contributed by atoms with Gasteiger partial charge in [-0.3, -0.25) is 4.79 Å². The fourth-order valence-corrected chi connectivity index (χ4v) is 2.50. The van der Waals surface area contributed by atoms with Gasteiger partial charge in [0.1, 0.15) is 0 Å². The first kappa shape index (κ1) is 19.7. The van der Waals surface area contributed by atoms with Crippen molar-refractivity contribution in [3.8, 4) is 0 Å². The number of rotatable bonds is 14. The van der Waals surface area contributed by atoms with Crippen LogP contribution in [-0.4, -0.2) is 23.3 Å². The largest absolute Gasteiger partial charge is 0.481 e. The molecule has 0 aromatic carbocycles. The number of unbranched alkanes of at least 4 members (excludes halogenated alkanes) is 3. The Morgan fingerprint density at radius 1 is 1.00 bits per heavy atom. The van der Waals surface area contributed by atoms with Crippen molar-refractivity contribution < 1.29 is 16.1 Å². The zero-order valence-corrected chi connectivity index (χ0v) is 14.5. The average Bonchev–Trinajstić information content (AvgIpc) is 3.27. The Balaban J connectivity index is 0.00000529. The molecule has 23 heavy (non-hydrogen) atoms. The molecular weight excluding hydrogens is 288 g/mol. The minimum absolute atomic E-state index is 0. The van der Waals surface area contributed by atoms with Gasteiger partial charge in [-0.15, -0.1) is 0 Å². The summed E-state index contributed by atoms with van der Waals surface area (Å²) in [6, 6.07) is 0. The maximum absolute atomic E-state index is 10.3. The first-order valence-corrected chi connectivity index (χ1v) is 9.06. The van der Waals surface area contributed by atoms with Gasteiger partial charge in [-0.05, 0) is 38.5 Å². The van der Waals surface area contributed by atoms with Crippen molar-refractivity contribution in [2.45, 2.75) is 83.3 Å². The zero-order chi connectivity index (χ0) is 16.8. The van der Waals surface area contributed by atoms with Crippen LogP contribution < -0.4 is 0 Å². The molecule has 0 aromatic heterocycles. The van der Waals surface area contributed by atoms with Crippen molar-refractivity contribution >= 4 is 5.97 Å². The lowest BCUT2D eigenvalue weighted by atomic mass is 10.1. The zero-order valence-electron chi connectivity index (χ0n) is 14.5. The minimum Gasteiger partial charge on any atom is -0.481 e. The Morgan fingerprint density at radius 3 is 2.39 bits per heavy atom. The van der Waals surface area contributed by atoms with Crippen LogP contribution >= 0.6 is 0 Å². The maximum atomic E-state index is 10.3. The van der Waals surface area contributed by atoms with E-state index < -0.39 is 5.97 Å². The fraction of sp³-hybridized carbons (Fsp3) is 0.650. The highest BCUT2D eigenvalue weighted by Gasteiger charge is 2.36. The molecule has 132 valence electrons. The molecule has 0 radical (unpaired) electrons. The van der Waals surface area contributed by atoms with Crippen LogP contribution in [0.1, 0.15) is 72.6 Å². The molecule has 1 rings (SSSR count). The highest BCUT2D eigenvalue weighted by molar-refractivity contribution is 5.66. The summed E-state index contributed by atoms with van der Waals surface area (Å²) in [5.74, 6) is -0.714. The molecule has 3 heteroatoms. The molecule has 1 heterocycles. The van der Waals surface area contributed by atoms with Crippen LogP contribution in [0.25, 0.3) is 0 Å². The summed E-state index contributed by atoms with van der Waals surface area (Å²) in [6.07, 6.45) is 23.8. The van der Waals surface area contributed by atoms with Crippen molar-refractivity contribution in [1.29, 1.82) is 0 Å². The van der Waals surface area contributed by atoms with Crippen LogP contribution in [0.4, 0.5) is 0 Å². The third kappa shape index (κ3) is 11.8. The standard InChI is InChI=1S/C20H32O3.H2/c1-2-3-12-15-18-19(23-18)16-13-10-8-6-4-5-7-9-11-14-17-20(21)22;/h4,6-7,9-10,13,18-19H,2-3,5,8,11-12,14-17H2,1H3,(H,21,22);1H/b6-4+,9-7+,13-10+;. The summed E-state index contributed by atoms with van der Waals surface area (Å²) >= 11 is 0. The van der Waals surface area contributed by atoms with Crippen molar-refractivity contribution in [3.05, 3.63) is 36.5 Å². The minimum atomic E-state index is -0.714. The van der Waals surface area contributed by atoms with Gasteiger partial charge < -0.3 is 9.84 Å². The molecular formula is C20H34O3. The SMILES string of the molecule is CCCCCC1OC1C/C=C/C/C=C/C/C=C/CCCC(=O)O.[HH]. The van der Waals surface area contributed by atoms with Crippen LogP contribution in [0, 0.1) is 0 Å². The predicted molar refractivity (Wildman–Crippen MR) is 97.7 cm³/mol. The topological polar surface area (TPSA) is 49.8 Å². The van der Waals surface area contributed by atoms with Gasteiger partial charge in [-0.2, -0.15) is 0 Å². The molecule has 1 N–H and O–H groups in total. The maximum Gasteiger partial charge on any atom is 0.303 e. The van der Waals surface area contributed by atoms with E-state index in [1.807, 2.05) is 0 Å². The molecule has 0 spiro atoms.